The Morgan fingerprint density at radius 3 is 2.63 bits per heavy atom. The molecular formula is C19H23N5O3. The molecule has 3 N–H and O–H groups in total. The fourth-order valence-electron chi connectivity index (χ4n) is 3.45. The van der Waals surface area contributed by atoms with Gasteiger partial charge in [-0.15, -0.1) is 0 Å². The highest BCUT2D eigenvalue weighted by molar-refractivity contribution is 5.82. The normalized spacial score (nSPS) is 26.4. The van der Waals surface area contributed by atoms with Crippen molar-refractivity contribution >= 4 is 17.0 Å². The average Bonchev–Trinajstić information content (AvgIpc) is 3.20. The fourth-order valence-corrected chi connectivity index (χ4v) is 3.45. The van der Waals surface area contributed by atoms with E-state index in [1.54, 1.807) is 17.8 Å². The molecule has 0 aliphatic carbocycles. The number of anilines is 1. The molecule has 27 heavy (non-hydrogen) atoms. The van der Waals surface area contributed by atoms with Crippen LogP contribution in [-0.2, 0) is 11.2 Å². The van der Waals surface area contributed by atoms with Crippen LogP contribution in [0.15, 0.2) is 43.0 Å². The number of nitrogens with zero attached hydrogens (tertiary/aromatic N) is 4. The maximum Gasteiger partial charge on any atom is 0.167 e. The molecule has 0 amide bonds. The van der Waals surface area contributed by atoms with Crippen molar-refractivity contribution in [3.63, 3.8) is 0 Å². The lowest BCUT2D eigenvalue weighted by atomic mass is 10.1. The molecule has 3 heterocycles. The van der Waals surface area contributed by atoms with Gasteiger partial charge in [0.1, 0.15) is 18.5 Å². The molecular weight excluding hydrogens is 346 g/mol. The molecule has 2 aromatic heterocycles. The molecule has 1 unspecified atom stereocenters. The summed E-state index contributed by atoms with van der Waals surface area (Å²) in [6, 6.07) is 10.4. The third-order valence-electron chi connectivity index (χ3n) is 4.88. The predicted octanol–water partition coefficient (Wildman–Crippen LogP) is 1.51. The Labute approximate surface area is 156 Å². The third kappa shape index (κ3) is 3.39. The summed E-state index contributed by atoms with van der Waals surface area (Å²) < 4.78 is 7.32. The Bertz CT molecular complexity index is 916. The number of hydrogen-bond donors (Lipinski definition) is 3. The zero-order valence-corrected chi connectivity index (χ0v) is 15.2. The molecule has 4 rings (SSSR count). The summed E-state index contributed by atoms with van der Waals surface area (Å²) in [6.07, 6.45) is 0.682. The smallest absolute Gasteiger partial charge is 0.167 e. The van der Waals surface area contributed by atoms with Crippen LogP contribution < -0.4 is 5.32 Å². The molecule has 0 radical (unpaired) electrons. The molecule has 0 saturated carbocycles. The maximum atomic E-state index is 10.3. The number of nitrogens with one attached hydrogen (secondary N) is 1. The molecule has 1 aliphatic heterocycles. The van der Waals surface area contributed by atoms with Crippen molar-refractivity contribution < 1.29 is 14.9 Å². The minimum Gasteiger partial charge on any atom is -0.388 e. The highest BCUT2D eigenvalue weighted by Gasteiger charge is 2.42. The van der Waals surface area contributed by atoms with Gasteiger partial charge in [-0.3, -0.25) is 4.57 Å². The summed E-state index contributed by atoms with van der Waals surface area (Å²) in [5.74, 6) is 0.628. The van der Waals surface area contributed by atoms with Gasteiger partial charge in [-0.2, -0.15) is 0 Å². The molecule has 8 nitrogen and oxygen atoms in total. The van der Waals surface area contributed by atoms with E-state index >= 15 is 0 Å². The lowest BCUT2D eigenvalue weighted by Gasteiger charge is -2.17. The van der Waals surface area contributed by atoms with Crippen molar-refractivity contribution in [2.75, 3.05) is 5.32 Å². The molecule has 1 saturated heterocycles. The molecule has 8 heteroatoms. The van der Waals surface area contributed by atoms with Gasteiger partial charge in [0, 0.05) is 6.04 Å². The summed E-state index contributed by atoms with van der Waals surface area (Å²) in [4.78, 5) is 13.0. The topological polar surface area (TPSA) is 105 Å². The van der Waals surface area contributed by atoms with Crippen LogP contribution in [0, 0.1) is 0 Å². The highest BCUT2D eigenvalue weighted by Crippen LogP contribution is 2.32. The van der Waals surface area contributed by atoms with Gasteiger partial charge in [0.25, 0.3) is 0 Å². The fraction of sp³-hybridized carbons (Fsp3) is 0.421. The van der Waals surface area contributed by atoms with Crippen LogP contribution >= 0.6 is 0 Å². The first kappa shape index (κ1) is 17.8. The van der Waals surface area contributed by atoms with Crippen LogP contribution in [0.2, 0.25) is 0 Å². The summed E-state index contributed by atoms with van der Waals surface area (Å²) in [5.41, 5.74) is 2.38. The molecule has 0 spiro atoms. The zero-order valence-electron chi connectivity index (χ0n) is 15.2. The number of aromatic nitrogens is 4. The molecule has 142 valence electrons. The molecule has 3 aromatic rings. The van der Waals surface area contributed by atoms with Gasteiger partial charge in [0.15, 0.2) is 23.2 Å². The van der Waals surface area contributed by atoms with Gasteiger partial charge >= 0.3 is 0 Å². The van der Waals surface area contributed by atoms with Gasteiger partial charge < -0.3 is 20.3 Å². The number of imidazole rings is 1. The number of rotatable bonds is 5. The van der Waals surface area contributed by atoms with Gasteiger partial charge in [-0.1, -0.05) is 30.3 Å². The van der Waals surface area contributed by atoms with Gasteiger partial charge in [0.2, 0.25) is 0 Å². The number of hydrogen-bond acceptors (Lipinski definition) is 7. The standard InChI is InChI=1S/C19H23N5O3/c1-11(8-13-6-4-3-5-7-13)23-17-14-18(21-9-20-17)24(10-22-14)19-16(26)15(25)12(2)27-19/h3-7,9-12,15-16,19,25-26H,8H2,1-2H3,(H,20,21,23)/t11?,12-,15-,16-,19+/m1/s1. The quantitative estimate of drug-likeness (QED) is 0.626. The summed E-state index contributed by atoms with van der Waals surface area (Å²) in [5, 5.41) is 23.6. The highest BCUT2D eigenvalue weighted by atomic mass is 16.6. The van der Waals surface area contributed by atoms with E-state index in [4.69, 9.17) is 4.74 Å². The first-order valence-corrected chi connectivity index (χ1v) is 9.04. The van der Waals surface area contributed by atoms with E-state index in [2.05, 4.69) is 39.3 Å². The molecule has 0 bridgehead atoms. The second kappa shape index (κ2) is 7.22. The number of aliphatic hydroxyl groups is 2. The SMILES string of the molecule is CC(Cc1ccccc1)Nc1ncnc2c1ncn2[C@H]1O[C@H](C)[C@@H](O)[C@H]1O. The molecule has 5 atom stereocenters. The Morgan fingerprint density at radius 1 is 1.15 bits per heavy atom. The largest absolute Gasteiger partial charge is 0.388 e. The van der Waals surface area contributed by atoms with E-state index in [1.165, 1.54) is 11.9 Å². The number of ether oxygens (including phenoxy) is 1. The van der Waals surface area contributed by atoms with E-state index in [0.717, 1.165) is 6.42 Å². The van der Waals surface area contributed by atoms with Gasteiger partial charge in [0.05, 0.1) is 12.4 Å². The second-order valence-corrected chi connectivity index (χ2v) is 6.99. The number of aliphatic hydroxyl groups excluding tert-OH is 2. The number of fused-ring (bicyclic) bond motifs is 1. The van der Waals surface area contributed by atoms with E-state index in [1.807, 2.05) is 18.2 Å². The number of benzene rings is 1. The van der Waals surface area contributed by atoms with Gasteiger partial charge in [-0.25, -0.2) is 15.0 Å². The predicted molar refractivity (Wildman–Crippen MR) is 100 cm³/mol. The van der Waals surface area contributed by atoms with Crippen molar-refractivity contribution in [1.82, 2.24) is 19.5 Å². The van der Waals surface area contributed by atoms with Crippen molar-refractivity contribution in [3.8, 4) is 0 Å². The molecule has 1 aliphatic rings. The molecule has 1 aromatic carbocycles. The summed E-state index contributed by atoms with van der Waals surface area (Å²) in [6.45, 7) is 3.81. The van der Waals surface area contributed by atoms with Crippen LogP contribution in [-0.4, -0.2) is 54.1 Å². The van der Waals surface area contributed by atoms with Crippen LogP contribution in [0.3, 0.4) is 0 Å². The molecule has 1 fully saturated rings. The zero-order chi connectivity index (χ0) is 19.0. The Hall–Kier alpha value is -2.55. The van der Waals surface area contributed by atoms with Crippen LogP contribution in [0.4, 0.5) is 5.82 Å². The maximum absolute atomic E-state index is 10.3. The Kier molecular flexibility index (Phi) is 4.77. The lowest BCUT2D eigenvalue weighted by Crippen LogP contribution is -2.30. The van der Waals surface area contributed by atoms with E-state index < -0.39 is 24.5 Å². The van der Waals surface area contributed by atoms with Crippen LogP contribution in [0.1, 0.15) is 25.6 Å². The minimum absolute atomic E-state index is 0.144. The second-order valence-electron chi connectivity index (χ2n) is 6.99. The summed E-state index contributed by atoms with van der Waals surface area (Å²) >= 11 is 0. The van der Waals surface area contributed by atoms with Crippen molar-refractivity contribution in [2.24, 2.45) is 0 Å². The first-order valence-electron chi connectivity index (χ1n) is 9.04. The Balaban J connectivity index is 1.58. The average molecular weight is 369 g/mol. The van der Waals surface area contributed by atoms with E-state index in [9.17, 15) is 10.2 Å². The van der Waals surface area contributed by atoms with Crippen molar-refractivity contribution in [2.45, 2.75) is 50.8 Å². The monoisotopic (exact) mass is 369 g/mol. The van der Waals surface area contributed by atoms with Crippen molar-refractivity contribution in [3.05, 3.63) is 48.5 Å². The van der Waals surface area contributed by atoms with Crippen LogP contribution in [0.5, 0.6) is 0 Å². The van der Waals surface area contributed by atoms with Gasteiger partial charge in [-0.05, 0) is 25.8 Å². The van der Waals surface area contributed by atoms with Crippen LogP contribution in [0.25, 0.3) is 11.2 Å². The minimum atomic E-state index is -1.04. The summed E-state index contributed by atoms with van der Waals surface area (Å²) in [7, 11) is 0. The Morgan fingerprint density at radius 2 is 1.93 bits per heavy atom. The van der Waals surface area contributed by atoms with Crippen molar-refractivity contribution in [1.29, 1.82) is 0 Å². The van der Waals surface area contributed by atoms with E-state index in [-0.39, 0.29) is 6.04 Å². The van der Waals surface area contributed by atoms with E-state index in [0.29, 0.717) is 17.0 Å². The first-order chi connectivity index (χ1) is 13.0. The third-order valence-corrected chi connectivity index (χ3v) is 4.88. The lowest BCUT2D eigenvalue weighted by molar-refractivity contribution is -0.0299.